The molecule has 98 valence electrons. The van der Waals surface area contributed by atoms with Crippen molar-refractivity contribution in [2.75, 3.05) is 20.2 Å². The van der Waals surface area contributed by atoms with Gasteiger partial charge in [0.25, 0.3) is 0 Å². The van der Waals surface area contributed by atoms with Crippen LogP contribution >= 0.6 is 11.8 Å². The van der Waals surface area contributed by atoms with Crippen molar-refractivity contribution in [1.29, 1.82) is 0 Å². The first-order valence-corrected chi connectivity index (χ1v) is 6.48. The molecule has 2 aromatic rings. The Morgan fingerprint density at radius 1 is 1.26 bits per heavy atom. The van der Waals surface area contributed by atoms with E-state index in [2.05, 4.69) is 9.97 Å². The van der Waals surface area contributed by atoms with E-state index in [1.165, 1.54) is 0 Å². The average Bonchev–Trinajstić information content (AvgIpc) is 2.44. The first-order chi connectivity index (χ1) is 9.28. The van der Waals surface area contributed by atoms with E-state index in [0.717, 1.165) is 35.8 Å². The van der Waals surface area contributed by atoms with E-state index in [4.69, 9.17) is 16.5 Å². The van der Waals surface area contributed by atoms with Crippen LogP contribution in [0.5, 0.6) is 5.75 Å². The van der Waals surface area contributed by atoms with Crippen LogP contribution in [0.3, 0.4) is 0 Å². The zero-order valence-corrected chi connectivity index (χ0v) is 11.3. The van der Waals surface area contributed by atoms with E-state index < -0.39 is 0 Å². The number of rotatable bonds is 3. The lowest BCUT2D eigenvalue weighted by molar-refractivity contribution is 0.274. The van der Waals surface area contributed by atoms with Gasteiger partial charge in [-0.25, -0.2) is 4.42 Å². The summed E-state index contributed by atoms with van der Waals surface area (Å²) in [6, 6.07) is 7.88. The number of hydrogen-bond donors (Lipinski definition) is 0. The number of ether oxygens (including phenoxy) is 1. The van der Waals surface area contributed by atoms with Crippen LogP contribution in [0.1, 0.15) is 11.6 Å². The summed E-state index contributed by atoms with van der Waals surface area (Å²) in [7, 11) is 1.66. The summed E-state index contributed by atoms with van der Waals surface area (Å²) in [4.78, 5) is 8.95. The molecule has 5 heteroatoms. The van der Waals surface area contributed by atoms with E-state index in [1.54, 1.807) is 23.9 Å². The van der Waals surface area contributed by atoms with Gasteiger partial charge in [-0.3, -0.25) is 9.97 Å². The molecule has 0 aliphatic carbocycles. The van der Waals surface area contributed by atoms with Crippen LogP contribution in [-0.2, 0) is 0 Å². The van der Waals surface area contributed by atoms with Crippen LogP contribution in [0.15, 0.2) is 36.7 Å². The fraction of sp³-hybridized carbons (Fsp3) is 0.286. The fourth-order valence-electron chi connectivity index (χ4n) is 2.24. The van der Waals surface area contributed by atoms with E-state index in [-0.39, 0.29) is 0 Å². The van der Waals surface area contributed by atoms with Crippen molar-refractivity contribution in [1.82, 2.24) is 14.4 Å². The van der Waals surface area contributed by atoms with Gasteiger partial charge in [0.15, 0.2) is 0 Å². The molecule has 0 radical (unpaired) electrons. The van der Waals surface area contributed by atoms with Gasteiger partial charge in [0.2, 0.25) is 0 Å². The van der Waals surface area contributed by atoms with Crippen molar-refractivity contribution >= 4 is 11.8 Å². The van der Waals surface area contributed by atoms with Crippen LogP contribution in [-0.4, -0.2) is 34.6 Å². The highest BCUT2D eigenvalue weighted by Crippen LogP contribution is 2.33. The third-order valence-corrected chi connectivity index (χ3v) is 3.57. The number of aromatic nitrogens is 2. The minimum Gasteiger partial charge on any atom is -0.497 e. The van der Waals surface area contributed by atoms with Crippen molar-refractivity contribution in [3.8, 4) is 17.0 Å². The molecule has 19 heavy (non-hydrogen) atoms. The van der Waals surface area contributed by atoms with Crippen LogP contribution in [0.25, 0.3) is 11.3 Å². The lowest BCUT2D eigenvalue weighted by Gasteiger charge is -2.33. The number of halogens is 1. The molecule has 0 N–H and O–H groups in total. The molecule has 1 aromatic carbocycles. The van der Waals surface area contributed by atoms with Crippen LogP contribution < -0.4 is 4.74 Å². The van der Waals surface area contributed by atoms with Crippen LogP contribution in [0.4, 0.5) is 0 Å². The maximum atomic E-state index is 5.90. The Labute approximate surface area is 117 Å². The molecular formula is C14H14ClN3O. The quantitative estimate of drug-likeness (QED) is 0.808. The Balaban J connectivity index is 1.99. The third kappa shape index (κ3) is 2.41. The summed E-state index contributed by atoms with van der Waals surface area (Å²) in [6.07, 6.45) is 3.45. The lowest BCUT2D eigenvalue weighted by atomic mass is 9.94. The van der Waals surface area contributed by atoms with E-state index >= 15 is 0 Å². The topological polar surface area (TPSA) is 38.3 Å². The van der Waals surface area contributed by atoms with E-state index in [9.17, 15) is 0 Å². The van der Waals surface area contributed by atoms with E-state index in [0.29, 0.717) is 5.92 Å². The predicted octanol–water partition coefficient (Wildman–Crippen LogP) is 2.71. The predicted molar refractivity (Wildman–Crippen MR) is 74.2 cm³/mol. The highest BCUT2D eigenvalue weighted by atomic mass is 35.5. The molecule has 3 rings (SSSR count). The molecule has 0 atom stereocenters. The normalized spacial score (nSPS) is 16.1. The third-order valence-electron chi connectivity index (χ3n) is 3.29. The highest BCUT2D eigenvalue weighted by Gasteiger charge is 2.30. The molecule has 1 fully saturated rings. The van der Waals surface area contributed by atoms with Crippen molar-refractivity contribution in [3.05, 3.63) is 42.4 Å². The van der Waals surface area contributed by atoms with Crippen molar-refractivity contribution in [2.24, 2.45) is 0 Å². The monoisotopic (exact) mass is 275 g/mol. The van der Waals surface area contributed by atoms with Crippen LogP contribution in [0.2, 0.25) is 0 Å². The fourth-order valence-corrected chi connectivity index (χ4v) is 2.57. The Kier molecular flexibility index (Phi) is 3.36. The molecular weight excluding hydrogens is 262 g/mol. The van der Waals surface area contributed by atoms with Gasteiger partial charge in [-0.15, -0.1) is 0 Å². The summed E-state index contributed by atoms with van der Waals surface area (Å²) >= 11 is 5.90. The summed E-state index contributed by atoms with van der Waals surface area (Å²) in [5, 5.41) is 0. The van der Waals surface area contributed by atoms with Gasteiger partial charge in [0.1, 0.15) is 5.75 Å². The first-order valence-electron chi connectivity index (χ1n) is 6.14. The number of methoxy groups -OCH3 is 1. The number of benzene rings is 1. The molecule has 0 unspecified atom stereocenters. The van der Waals surface area contributed by atoms with Crippen molar-refractivity contribution < 1.29 is 4.74 Å². The van der Waals surface area contributed by atoms with Gasteiger partial charge < -0.3 is 4.74 Å². The number of nitrogens with zero attached hydrogens (tertiary/aromatic N) is 3. The first kappa shape index (κ1) is 12.4. The lowest BCUT2D eigenvalue weighted by Crippen LogP contribution is -2.38. The minimum atomic E-state index is 0.354. The summed E-state index contributed by atoms with van der Waals surface area (Å²) in [6.45, 7) is 1.63. The summed E-state index contributed by atoms with van der Waals surface area (Å²) in [5.41, 5.74) is 2.94. The molecule has 4 nitrogen and oxygen atoms in total. The zero-order chi connectivity index (χ0) is 13.2. The summed E-state index contributed by atoms with van der Waals surface area (Å²) in [5.74, 6) is 1.18. The zero-order valence-electron chi connectivity index (χ0n) is 10.6. The second-order valence-electron chi connectivity index (χ2n) is 4.55. The Morgan fingerprint density at radius 3 is 2.79 bits per heavy atom. The molecule has 2 heterocycles. The van der Waals surface area contributed by atoms with Gasteiger partial charge in [0.05, 0.1) is 18.5 Å². The molecule has 1 aromatic heterocycles. The highest BCUT2D eigenvalue weighted by molar-refractivity contribution is 6.13. The minimum absolute atomic E-state index is 0.354. The maximum absolute atomic E-state index is 5.90. The smallest absolute Gasteiger partial charge is 0.119 e. The van der Waals surface area contributed by atoms with Gasteiger partial charge in [-0.05, 0) is 23.9 Å². The largest absolute Gasteiger partial charge is 0.497 e. The Morgan fingerprint density at radius 2 is 2.05 bits per heavy atom. The molecule has 1 saturated heterocycles. The summed E-state index contributed by atoms with van der Waals surface area (Å²) < 4.78 is 7.02. The van der Waals surface area contributed by atoms with Crippen molar-refractivity contribution in [3.63, 3.8) is 0 Å². The molecule has 1 aliphatic heterocycles. The Bertz CT molecular complexity index is 584. The molecule has 0 amide bonds. The second kappa shape index (κ2) is 5.15. The second-order valence-corrected chi connectivity index (χ2v) is 5.02. The van der Waals surface area contributed by atoms with Gasteiger partial charge in [-0.2, -0.15) is 0 Å². The van der Waals surface area contributed by atoms with Crippen LogP contribution in [0, 0.1) is 0 Å². The molecule has 0 spiro atoms. The SMILES string of the molecule is COc1cccc(-c2nccnc2C2CN(Cl)C2)c1. The molecule has 0 bridgehead atoms. The van der Waals surface area contributed by atoms with Crippen molar-refractivity contribution in [2.45, 2.75) is 5.92 Å². The standard InChI is InChI=1S/C14H14ClN3O/c1-19-12-4-2-3-10(7-12)13-14(17-6-5-16-13)11-8-18(15)9-11/h2-7,11H,8-9H2,1H3. The molecule has 1 aliphatic rings. The van der Waals surface area contributed by atoms with Gasteiger partial charge in [-0.1, -0.05) is 12.1 Å². The molecule has 0 saturated carbocycles. The average molecular weight is 276 g/mol. The Hall–Kier alpha value is -1.65. The maximum Gasteiger partial charge on any atom is 0.119 e. The van der Waals surface area contributed by atoms with E-state index in [1.807, 2.05) is 24.3 Å². The van der Waals surface area contributed by atoms with Gasteiger partial charge in [0, 0.05) is 37.0 Å². The number of hydrogen-bond acceptors (Lipinski definition) is 4. The van der Waals surface area contributed by atoms with Gasteiger partial charge >= 0.3 is 0 Å².